The number of ether oxygens (including phenoxy) is 2. The molecule has 1 aliphatic heterocycles. The number of hydrogen-bond acceptors (Lipinski definition) is 7. The van der Waals surface area contributed by atoms with Gasteiger partial charge in [0.05, 0.1) is 19.9 Å². The molecular weight excluding hydrogens is 525 g/mol. The Morgan fingerprint density at radius 3 is 2.34 bits per heavy atom. The van der Waals surface area contributed by atoms with E-state index in [4.69, 9.17) is 9.47 Å². The Bertz CT molecular complexity index is 1350. The van der Waals surface area contributed by atoms with E-state index in [1.54, 1.807) is 31.3 Å². The number of methoxy groups -OCH3 is 2. The number of aromatic nitrogens is 2. The first-order valence-corrected chi connectivity index (χ1v) is 14.1. The van der Waals surface area contributed by atoms with E-state index in [2.05, 4.69) is 15.1 Å². The second kappa shape index (κ2) is 13.0. The van der Waals surface area contributed by atoms with Gasteiger partial charge in [-0.25, -0.2) is 4.39 Å². The van der Waals surface area contributed by atoms with E-state index in [0.29, 0.717) is 37.7 Å². The van der Waals surface area contributed by atoms with E-state index in [9.17, 15) is 14.0 Å². The van der Waals surface area contributed by atoms with Crippen molar-refractivity contribution in [3.8, 4) is 22.8 Å². The number of nitrogens with zero attached hydrogens (tertiary/aromatic N) is 5. The monoisotopic (exact) mass is 561 g/mol. The zero-order chi connectivity index (χ0) is 28.8. The Morgan fingerprint density at radius 1 is 0.902 bits per heavy atom. The Kier molecular flexibility index (Phi) is 8.96. The van der Waals surface area contributed by atoms with Crippen LogP contribution < -0.4 is 14.4 Å². The summed E-state index contributed by atoms with van der Waals surface area (Å²) in [7, 11) is 3.19. The largest absolute Gasteiger partial charge is 0.493 e. The van der Waals surface area contributed by atoms with Crippen molar-refractivity contribution in [2.45, 2.75) is 32.2 Å². The van der Waals surface area contributed by atoms with Crippen molar-refractivity contribution < 1.29 is 23.5 Å². The Morgan fingerprint density at radius 2 is 1.68 bits per heavy atom. The predicted molar refractivity (Wildman–Crippen MR) is 153 cm³/mol. The number of hydrogen-bond donors (Lipinski definition) is 0. The summed E-state index contributed by atoms with van der Waals surface area (Å²) in [6.07, 6.45) is 3.53. The van der Waals surface area contributed by atoms with Gasteiger partial charge in [-0.1, -0.05) is 18.6 Å². The van der Waals surface area contributed by atoms with E-state index in [1.807, 2.05) is 35.2 Å². The molecule has 0 radical (unpaired) electrons. The van der Waals surface area contributed by atoms with Gasteiger partial charge < -0.3 is 24.2 Å². The highest BCUT2D eigenvalue weighted by Gasteiger charge is 2.32. The topological polar surface area (TPSA) is 88.1 Å². The summed E-state index contributed by atoms with van der Waals surface area (Å²) in [6, 6.07) is 15.6. The van der Waals surface area contributed by atoms with Crippen LogP contribution in [0.25, 0.3) is 11.3 Å². The fourth-order valence-corrected chi connectivity index (χ4v) is 5.24. The van der Waals surface area contributed by atoms with Crippen LogP contribution in [0.15, 0.2) is 54.6 Å². The third-order valence-corrected chi connectivity index (χ3v) is 7.88. The maximum Gasteiger partial charge on any atom is 0.242 e. The molecule has 2 heterocycles. The van der Waals surface area contributed by atoms with Gasteiger partial charge in [0.2, 0.25) is 11.8 Å². The fourth-order valence-electron chi connectivity index (χ4n) is 5.24. The average molecular weight is 562 g/mol. The van der Waals surface area contributed by atoms with Crippen molar-refractivity contribution in [3.05, 3.63) is 66.0 Å². The highest BCUT2D eigenvalue weighted by molar-refractivity contribution is 5.86. The maximum atomic E-state index is 13.4. The van der Waals surface area contributed by atoms with E-state index in [0.717, 1.165) is 54.9 Å². The Labute approximate surface area is 239 Å². The van der Waals surface area contributed by atoms with Gasteiger partial charge in [0, 0.05) is 44.2 Å². The van der Waals surface area contributed by atoms with Crippen molar-refractivity contribution in [2.24, 2.45) is 5.92 Å². The molecule has 0 spiro atoms. The molecule has 3 aromatic rings. The van der Waals surface area contributed by atoms with Gasteiger partial charge in [0.1, 0.15) is 12.4 Å². The zero-order valence-corrected chi connectivity index (χ0v) is 23.6. The van der Waals surface area contributed by atoms with Gasteiger partial charge in [-0.05, 0) is 67.3 Å². The molecule has 1 aromatic heterocycles. The molecule has 9 nitrogen and oxygen atoms in total. The van der Waals surface area contributed by atoms with Crippen molar-refractivity contribution in [1.29, 1.82) is 0 Å². The Hall–Kier alpha value is -4.21. The average Bonchev–Trinajstić information content (AvgIpc) is 3.23. The molecule has 0 atom stereocenters. The minimum Gasteiger partial charge on any atom is -0.493 e. The van der Waals surface area contributed by atoms with Crippen molar-refractivity contribution in [1.82, 2.24) is 20.0 Å². The number of anilines is 1. The molecule has 2 amide bonds. The molecule has 0 bridgehead atoms. The van der Waals surface area contributed by atoms with E-state index < -0.39 is 0 Å². The zero-order valence-electron chi connectivity index (χ0n) is 23.6. The third kappa shape index (κ3) is 6.75. The van der Waals surface area contributed by atoms with Crippen molar-refractivity contribution >= 4 is 17.6 Å². The minimum atomic E-state index is -0.323. The van der Waals surface area contributed by atoms with Crippen LogP contribution in [0.3, 0.4) is 0 Å². The number of halogens is 1. The first-order chi connectivity index (χ1) is 19.9. The van der Waals surface area contributed by atoms with Crippen LogP contribution in [-0.4, -0.2) is 78.8 Å². The molecule has 41 heavy (non-hydrogen) atoms. The SMILES string of the molecule is COc1ccc(-c2ccc(N3CCCN(C(=O)CN(Cc4ccc(F)cc4)C(=O)C4CCC4)CC3)nn2)cc1OC. The second-order valence-corrected chi connectivity index (χ2v) is 10.5. The number of carbonyl (C=O) groups excluding carboxylic acids is 2. The molecule has 2 aliphatic rings. The normalized spacial score (nSPS) is 15.6. The van der Waals surface area contributed by atoms with Gasteiger partial charge in [-0.2, -0.15) is 0 Å². The van der Waals surface area contributed by atoms with Crippen LogP contribution in [0.2, 0.25) is 0 Å². The molecule has 1 aliphatic carbocycles. The van der Waals surface area contributed by atoms with Gasteiger partial charge in [0.15, 0.2) is 17.3 Å². The standard InChI is InChI=1S/C31H36FN5O4/c1-40-27-13-9-24(19-28(27)41-2)26-12-14-29(34-33-26)35-15-4-16-36(18-17-35)30(38)21-37(31(39)23-5-3-6-23)20-22-7-10-25(32)11-8-22/h7-14,19,23H,3-6,15-18,20-21H2,1-2H3. The van der Waals surface area contributed by atoms with Crippen LogP contribution >= 0.6 is 0 Å². The van der Waals surface area contributed by atoms with Crippen LogP contribution in [0.1, 0.15) is 31.2 Å². The lowest BCUT2D eigenvalue weighted by Crippen LogP contribution is -2.46. The lowest BCUT2D eigenvalue weighted by molar-refractivity contribution is -0.145. The highest BCUT2D eigenvalue weighted by Crippen LogP contribution is 2.32. The number of carbonyl (C=O) groups is 2. The lowest BCUT2D eigenvalue weighted by atomic mass is 9.84. The molecule has 0 N–H and O–H groups in total. The molecule has 1 saturated carbocycles. The number of amides is 2. The maximum absolute atomic E-state index is 13.4. The van der Waals surface area contributed by atoms with E-state index in [-0.39, 0.29) is 30.1 Å². The molecule has 216 valence electrons. The lowest BCUT2D eigenvalue weighted by Gasteiger charge is -2.33. The first kappa shape index (κ1) is 28.3. The quantitative estimate of drug-likeness (QED) is 0.388. The summed E-state index contributed by atoms with van der Waals surface area (Å²) in [5.74, 6) is 1.61. The summed E-state index contributed by atoms with van der Waals surface area (Å²) in [4.78, 5) is 32.2. The van der Waals surface area contributed by atoms with Crippen LogP contribution in [0.5, 0.6) is 11.5 Å². The van der Waals surface area contributed by atoms with E-state index in [1.165, 1.54) is 12.1 Å². The molecular formula is C31H36FN5O4. The van der Waals surface area contributed by atoms with E-state index >= 15 is 0 Å². The molecule has 5 rings (SSSR count). The van der Waals surface area contributed by atoms with Crippen LogP contribution in [-0.2, 0) is 16.1 Å². The second-order valence-electron chi connectivity index (χ2n) is 10.5. The molecule has 10 heteroatoms. The molecule has 2 aromatic carbocycles. The van der Waals surface area contributed by atoms with Crippen LogP contribution in [0, 0.1) is 11.7 Å². The van der Waals surface area contributed by atoms with Crippen molar-refractivity contribution in [3.63, 3.8) is 0 Å². The van der Waals surface area contributed by atoms with Gasteiger partial charge in [-0.15, -0.1) is 10.2 Å². The van der Waals surface area contributed by atoms with Gasteiger partial charge in [0.25, 0.3) is 0 Å². The molecule has 0 unspecified atom stereocenters. The fraction of sp³-hybridized carbons (Fsp3) is 0.419. The van der Waals surface area contributed by atoms with Gasteiger partial charge >= 0.3 is 0 Å². The Balaban J connectivity index is 1.21. The predicted octanol–water partition coefficient (Wildman–Crippen LogP) is 4.17. The van der Waals surface area contributed by atoms with Gasteiger partial charge in [-0.3, -0.25) is 9.59 Å². The minimum absolute atomic E-state index is 0.00946. The van der Waals surface area contributed by atoms with Crippen LogP contribution in [0.4, 0.5) is 10.2 Å². The number of benzene rings is 2. The summed E-state index contributed by atoms with van der Waals surface area (Å²) in [6.45, 7) is 2.81. The summed E-state index contributed by atoms with van der Waals surface area (Å²) >= 11 is 0. The first-order valence-electron chi connectivity index (χ1n) is 14.1. The highest BCUT2D eigenvalue weighted by atomic mass is 19.1. The molecule has 1 saturated heterocycles. The smallest absolute Gasteiger partial charge is 0.242 e. The summed E-state index contributed by atoms with van der Waals surface area (Å²) < 4.78 is 24.1. The van der Waals surface area contributed by atoms with Crippen molar-refractivity contribution in [2.75, 3.05) is 51.8 Å². The summed E-state index contributed by atoms with van der Waals surface area (Å²) in [5.41, 5.74) is 2.40. The third-order valence-electron chi connectivity index (χ3n) is 7.88. The number of rotatable bonds is 9. The summed E-state index contributed by atoms with van der Waals surface area (Å²) in [5, 5.41) is 8.91. The molecule has 2 fully saturated rings.